The van der Waals surface area contributed by atoms with E-state index in [1.54, 1.807) is 12.3 Å². The van der Waals surface area contributed by atoms with Crippen LogP contribution in [-0.2, 0) is 9.59 Å². The first kappa shape index (κ1) is 12.8. The van der Waals surface area contributed by atoms with Crippen molar-refractivity contribution in [3.8, 4) is 0 Å². The van der Waals surface area contributed by atoms with Crippen LogP contribution in [0.15, 0.2) is 18.3 Å². The maximum Gasteiger partial charge on any atom is 0.326 e. The van der Waals surface area contributed by atoms with E-state index in [1.807, 2.05) is 0 Å². The highest BCUT2D eigenvalue weighted by atomic mass is 16.4. The van der Waals surface area contributed by atoms with E-state index < -0.39 is 23.8 Å². The molecule has 1 rings (SSSR count). The average Bonchev–Trinajstić information content (AvgIpc) is 2.76. The third-order valence-electron chi connectivity index (χ3n) is 2.13. The number of carboxylic acids is 1. The quantitative estimate of drug-likeness (QED) is 0.532. The summed E-state index contributed by atoms with van der Waals surface area (Å²) in [7, 11) is 0. The molecule has 17 heavy (non-hydrogen) atoms. The van der Waals surface area contributed by atoms with Gasteiger partial charge in [-0.25, -0.2) is 4.79 Å². The second-order valence-corrected chi connectivity index (χ2v) is 3.45. The molecule has 0 bridgehead atoms. The molecule has 7 nitrogen and oxygen atoms in total. The number of hydrogen-bond donors (Lipinski definition) is 4. The molecule has 1 unspecified atom stereocenters. The zero-order valence-electron chi connectivity index (χ0n) is 8.97. The summed E-state index contributed by atoms with van der Waals surface area (Å²) in [4.78, 5) is 35.6. The van der Waals surface area contributed by atoms with Crippen molar-refractivity contribution in [3.63, 3.8) is 0 Å². The number of nitrogens with two attached hydrogens (primary N) is 1. The number of aromatic amines is 1. The van der Waals surface area contributed by atoms with E-state index in [4.69, 9.17) is 10.8 Å². The first-order valence-corrected chi connectivity index (χ1v) is 4.96. The second-order valence-electron chi connectivity index (χ2n) is 3.45. The lowest BCUT2D eigenvalue weighted by molar-refractivity contribution is -0.139. The van der Waals surface area contributed by atoms with Gasteiger partial charge in [0.05, 0.1) is 0 Å². The van der Waals surface area contributed by atoms with Crippen molar-refractivity contribution in [3.05, 3.63) is 24.0 Å². The van der Waals surface area contributed by atoms with Gasteiger partial charge in [-0.1, -0.05) is 0 Å². The Morgan fingerprint density at radius 1 is 1.47 bits per heavy atom. The summed E-state index contributed by atoms with van der Waals surface area (Å²) in [6, 6.07) is 2.01. The van der Waals surface area contributed by atoms with Crippen LogP contribution < -0.4 is 11.1 Å². The maximum atomic E-state index is 11.5. The van der Waals surface area contributed by atoms with Crippen molar-refractivity contribution in [1.29, 1.82) is 0 Å². The van der Waals surface area contributed by atoms with Crippen LogP contribution in [0, 0.1) is 0 Å². The van der Waals surface area contributed by atoms with Crippen LogP contribution in [0.4, 0.5) is 0 Å². The highest BCUT2D eigenvalue weighted by Crippen LogP contribution is 2.00. The molecule has 0 aliphatic heterocycles. The number of aromatic nitrogens is 1. The van der Waals surface area contributed by atoms with Crippen LogP contribution in [-0.4, -0.2) is 33.9 Å². The van der Waals surface area contributed by atoms with Crippen LogP contribution in [0.5, 0.6) is 0 Å². The molecule has 1 aromatic rings. The van der Waals surface area contributed by atoms with Gasteiger partial charge in [0, 0.05) is 12.6 Å². The number of H-pyrrole nitrogens is 1. The first-order chi connectivity index (χ1) is 8.00. The number of primary amides is 1. The van der Waals surface area contributed by atoms with Crippen molar-refractivity contribution in [2.24, 2.45) is 5.73 Å². The number of carbonyl (C=O) groups excluding carboxylic acids is 2. The predicted octanol–water partition coefficient (Wildman–Crippen LogP) is -0.537. The number of carbonyl (C=O) groups is 3. The van der Waals surface area contributed by atoms with E-state index in [1.165, 1.54) is 6.07 Å². The van der Waals surface area contributed by atoms with Crippen molar-refractivity contribution >= 4 is 17.8 Å². The van der Waals surface area contributed by atoms with Crippen LogP contribution in [0.2, 0.25) is 0 Å². The minimum absolute atomic E-state index is 0.0306. The molecule has 5 N–H and O–H groups in total. The third-order valence-corrected chi connectivity index (χ3v) is 2.13. The second kappa shape index (κ2) is 5.69. The van der Waals surface area contributed by atoms with E-state index in [0.717, 1.165) is 0 Å². The Bertz CT molecular complexity index is 413. The minimum atomic E-state index is -1.20. The topological polar surface area (TPSA) is 125 Å². The van der Waals surface area contributed by atoms with E-state index >= 15 is 0 Å². The Balaban J connectivity index is 2.58. The number of amides is 2. The molecule has 1 atom stereocenters. The van der Waals surface area contributed by atoms with Crippen molar-refractivity contribution in [1.82, 2.24) is 10.3 Å². The maximum absolute atomic E-state index is 11.5. The molecule has 1 aromatic heterocycles. The molecule has 7 heteroatoms. The lowest BCUT2D eigenvalue weighted by Gasteiger charge is -2.12. The van der Waals surface area contributed by atoms with E-state index in [2.05, 4.69) is 10.3 Å². The summed E-state index contributed by atoms with van der Waals surface area (Å²) < 4.78 is 0. The highest BCUT2D eigenvalue weighted by molar-refractivity contribution is 5.95. The zero-order valence-corrected chi connectivity index (χ0v) is 8.97. The van der Waals surface area contributed by atoms with Gasteiger partial charge in [-0.2, -0.15) is 0 Å². The van der Waals surface area contributed by atoms with Gasteiger partial charge in [-0.05, 0) is 18.6 Å². The SMILES string of the molecule is NC(=O)CCC(NC(=O)c1ccc[nH]1)C(=O)O. The van der Waals surface area contributed by atoms with Gasteiger partial charge in [0.1, 0.15) is 11.7 Å². The van der Waals surface area contributed by atoms with Gasteiger partial charge >= 0.3 is 5.97 Å². The Morgan fingerprint density at radius 3 is 2.65 bits per heavy atom. The average molecular weight is 239 g/mol. The Kier molecular flexibility index (Phi) is 4.27. The number of nitrogens with one attached hydrogen (secondary N) is 2. The van der Waals surface area contributed by atoms with Crippen LogP contribution in [0.1, 0.15) is 23.3 Å². The molecule has 0 saturated heterocycles. The molecule has 0 aliphatic rings. The molecular weight excluding hydrogens is 226 g/mol. The van der Waals surface area contributed by atoms with Crippen molar-refractivity contribution < 1.29 is 19.5 Å². The van der Waals surface area contributed by atoms with Crippen molar-refractivity contribution in [2.75, 3.05) is 0 Å². The summed E-state index contributed by atoms with van der Waals surface area (Å²) in [6.45, 7) is 0. The molecular formula is C10H13N3O4. The molecule has 0 radical (unpaired) electrons. The Morgan fingerprint density at radius 2 is 2.18 bits per heavy atom. The number of rotatable bonds is 6. The number of aliphatic carboxylic acids is 1. The third kappa shape index (κ3) is 3.98. The van der Waals surface area contributed by atoms with Gasteiger partial charge in [-0.15, -0.1) is 0 Å². The fraction of sp³-hybridized carbons (Fsp3) is 0.300. The van der Waals surface area contributed by atoms with Gasteiger partial charge in [0.25, 0.3) is 5.91 Å². The zero-order chi connectivity index (χ0) is 12.8. The summed E-state index contributed by atoms with van der Waals surface area (Å²) in [6.07, 6.45) is 1.42. The summed E-state index contributed by atoms with van der Waals surface area (Å²) in [5.74, 6) is -2.34. The fourth-order valence-electron chi connectivity index (χ4n) is 1.25. The van der Waals surface area contributed by atoms with Gasteiger partial charge in [-0.3, -0.25) is 9.59 Å². The summed E-state index contributed by atoms with van der Waals surface area (Å²) >= 11 is 0. The molecule has 0 saturated carbocycles. The Labute approximate surface area is 97.0 Å². The molecule has 0 aliphatic carbocycles. The lowest BCUT2D eigenvalue weighted by Crippen LogP contribution is -2.41. The van der Waals surface area contributed by atoms with Crippen LogP contribution >= 0.6 is 0 Å². The normalized spacial score (nSPS) is 11.8. The highest BCUT2D eigenvalue weighted by Gasteiger charge is 2.21. The summed E-state index contributed by atoms with van der Waals surface area (Å²) in [5, 5.41) is 11.2. The number of carboxylic acid groups (broad SMARTS) is 1. The molecule has 0 spiro atoms. The fourth-order valence-corrected chi connectivity index (χ4v) is 1.25. The van der Waals surface area contributed by atoms with E-state index in [0.29, 0.717) is 0 Å². The smallest absolute Gasteiger partial charge is 0.326 e. The van der Waals surface area contributed by atoms with E-state index in [-0.39, 0.29) is 18.5 Å². The molecule has 0 aromatic carbocycles. The standard InChI is InChI=1S/C10H13N3O4/c11-8(14)4-3-7(10(16)17)13-9(15)6-2-1-5-12-6/h1-2,5,7,12H,3-4H2,(H2,11,14)(H,13,15)(H,16,17). The van der Waals surface area contributed by atoms with Gasteiger partial charge in [0.2, 0.25) is 5.91 Å². The minimum Gasteiger partial charge on any atom is -0.480 e. The molecule has 92 valence electrons. The van der Waals surface area contributed by atoms with Gasteiger partial charge in [0.15, 0.2) is 0 Å². The van der Waals surface area contributed by atoms with E-state index in [9.17, 15) is 14.4 Å². The Hall–Kier alpha value is -2.31. The summed E-state index contributed by atoms with van der Waals surface area (Å²) in [5.41, 5.74) is 5.18. The van der Waals surface area contributed by atoms with Crippen LogP contribution in [0.25, 0.3) is 0 Å². The molecule has 2 amide bonds. The van der Waals surface area contributed by atoms with Crippen LogP contribution in [0.3, 0.4) is 0 Å². The van der Waals surface area contributed by atoms with Crippen molar-refractivity contribution in [2.45, 2.75) is 18.9 Å². The van der Waals surface area contributed by atoms with Gasteiger partial charge < -0.3 is 21.1 Å². The number of hydrogen-bond acceptors (Lipinski definition) is 3. The first-order valence-electron chi connectivity index (χ1n) is 4.96. The lowest BCUT2D eigenvalue weighted by atomic mass is 10.1. The predicted molar refractivity (Wildman–Crippen MR) is 58.1 cm³/mol. The molecule has 1 heterocycles. The molecule has 0 fully saturated rings. The monoisotopic (exact) mass is 239 g/mol. The largest absolute Gasteiger partial charge is 0.480 e.